The van der Waals surface area contributed by atoms with E-state index in [0.717, 1.165) is 31.8 Å². The van der Waals surface area contributed by atoms with Gasteiger partial charge in [-0.3, -0.25) is 9.79 Å². The predicted molar refractivity (Wildman–Crippen MR) is 148 cm³/mol. The van der Waals surface area contributed by atoms with Crippen LogP contribution >= 0.6 is 0 Å². The second-order valence-corrected chi connectivity index (χ2v) is 11.3. The maximum Gasteiger partial charge on any atom is 0.305 e. The molecule has 1 atom stereocenters. The highest BCUT2D eigenvalue weighted by atomic mass is 16.4. The molecule has 7 heteroatoms. The number of carbonyl (C=O) groups excluding carboxylic acids is 1. The molecule has 1 aliphatic rings. The first-order valence-corrected chi connectivity index (χ1v) is 14.6. The van der Waals surface area contributed by atoms with Crippen LogP contribution in [0.25, 0.3) is 0 Å². The van der Waals surface area contributed by atoms with Gasteiger partial charge >= 0.3 is 5.97 Å². The molecule has 7 nitrogen and oxygen atoms in total. The third-order valence-electron chi connectivity index (χ3n) is 6.65. The number of carboxylic acids is 2. The van der Waals surface area contributed by atoms with Crippen LogP contribution in [0.4, 0.5) is 0 Å². The minimum atomic E-state index is -1.00. The molecule has 1 N–H and O–H groups in total. The van der Waals surface area contributed by atoms with Crippen LogP contribution in [0.2, 0.25) is 0 Å². The highest BCUT2D eigenvalue weighted by Crippen LogP contribution is 2.18. The average molecular weight is 512 g/mol. The number of unbranched alkanes of at least 4 members (excludes halogenated alkanes) is 13. The maximum absolute atomic E-state index is 11.1. The first-order valence-electron chi connectivity index (χ1n) is 14.6. The molecule has 0 saturated carbocycles. The monoisotopic (exact) mass is 511 g/mol. The van der Waals surface area contributed by atoms with Gasteiger partial charge < -0.3 is 24.4 Å². The normalized spacial score (nSPS) is 14.2. The molecule has 36 heavy (non-hydrogen) atoms. The molecule has 0 fully saturated rings. The summed E-state index contributed by atoms with van der Waals surface area (Å²) < 4.78 is 0.419. The highest BCUT2D eigenvalue weighted by molar-refractivity contribution is 5.84. The van der Waals surface area contributed by atoms with Crippen LogP contribution < -0.4 is 5.11 Å². The second-order valence-electron chi connectivity index (χ2n) is 11.3. The Morgan fingerprint density at radius 2 is 1.36 bits per heavy atom. The standard InChI is InChI=1S/C24H46N2O2.C5H11NO2/c1-3-5-6-7-8-9-10-11-12-13-14-15-16-17-18-23-25-19-20-26(23)22(4-2)21-24(27)28;1-6(2,3)4-5(7)8/h22H,3-21H2,1-2H3,(H,27,28);4H2,1-3H3. The zero-order chi connectivity index (χ0) is 27.2. The molecular formula is C29H57N3O4. The smallest absolute Gasteiger partial charge is 0.305 e. The molecule has 1 aliphatic heterocycles. The van der Waals surface area contributed by atoms with E-state index in [0.29, 0.717) is 4.48 Å². The van der Waals surface area contributed by atoms with Gasteiger partial charge in [0.1, 0.15) is 6.54 Å². The van der Waals surface area contributed by atoms with Crippen molar-refractivity contribution in [2.24, 2.45) is 4.99 Å². The van der Waals surface area contributed by atoms with E-state index < -0.39 is 11.9 Å². The molecule has 0 aliphatic carbocycles. The van der Waals surface area contributed by atoms with Gasteiger partial charge in [-0.25, -0.2) is 0 Å². The number of carboxylic acid groups (broad SMARTS) is 2. The number of aliphatic imine (C=N–C) groups is 1. The van der Waals surface area contributed by atoms with Gasteiger partial charge in [-0.15, -0.1) is 0 Å². The van der Waals surface area contributed by atoms with E-state index in [1.54, 1.807) is 21.1 Å². The van der Waals surface area contributed by atoms with Crippen molar-refractivity contribution >= 4 is 17.8 Å². The van der Waals surface area contributed by atoms with Crippen molar-refractivity contribution in [3.8, 4) is 0 Å². The summed E-state index contributed by atoms with van der Waals surface area (Å²) in [7, 11) is 5.40. The van der Waals surface area contributed by atoms with E-state index in [1.165, 1.54) is 89.9 Å². The van der Waals surface area contributed by atoms with Gasteiger partial charge in [-0.2, -0.15) is 0 Å². The van der Waals surface area contributed by atoms with Gasteiger partial charge in [-0.05, 0) is 12.8 Å². The Morgan fingerprint density at radius 1 is 0.889 bits per heavy atom. The van der Waals surface area contributed by atoms with E-state index in [4.69, 9.17) is 5.11 Å². The fraction of sp³-hybridized carbons (Fsp3) is 0.897. The van der Waals surface area contributed by atoms with Crippen LogP contribution in [0.5, 0.6) is 0 Å². The number of amidine groups is 1. The quantitative estimate of drug-likeness (QED) is 0.167. The minimum Gasteiger partial charge on any atom is -0.544 e. The lowest BCUT2D eigenvalue weighted by Gasteiger charge is -2.29. The molecule has 0 aromatic heterocycles. The summed E-state index contributed by atoms with van der Waals surface area (Å²) in [4.78, 5) is 27.9. The number of quaternary nitrogens is 1. The first-order chi connectivity index (χ1) is 17.1. The summed E-state index contributed by atoms with van der Waals surface area (Å²) in [6.45, 7) is 6.17. The molecule has 1 heterocycles. The largest absolute Gasteiger partial charge is 0.544 e. The van der Waals surface area contributed by atoms with Crippen LogP contribution in [0.15, 0.2) is 4.99 Å². The van der Waals surface area contributed by atoms with Crippen LogP contribution in [0, 0.1) is 0 Å². The van der Waals surface area contributed by atoms with Gasteiger partial charge in [0.05, 0.1) is 45.9 Å². The summed E-state index contributed by atoms with van der Waals surface area (Å²) in [6, 6.07) is 0.116. The molecule has 0 radical (unpaired) electrons. The van der Waals surface area contributed by atoms with E-state index in [1.807, 2.05) is 0 Å². The number of hydrogen-bond donors (Lipinski definition) is 1. The third-order valence-corrected chi connectivity index (χ3v) is 6.65. The van der Waals surface area contributed by atoms with Gasteiger partial charge in [0.2, 0.25) is 0 Å². The van der Waals surface area contributed by atoms with Crippen molar-refractivity contribution < 1.29 is 24.3 Å². The van der Waals surface area contributed by atoms with Crippen LogP contribution in [-0.2, 0) is 9.59 Å². The van der Waals surface area contributed by atoms with E-state index in [9.17, 15) is 14.7 Å². The lowest BCUT2D eigenvalue weighted by Crippen LogP contribution is -2.45. The van der Waals surface area contributed by atoms with E-state index in [-0.39, 0.29) is 19.0 Å². The summed E-state index contributed by atoms with van der Waals surface area (Å²) in [5.41, 5.74) is 0. The minimum absolute atomic E-state index is 0.0694. The summed E-state index contributed by atoms with van der Waals surface area (Å²) in [5.74, 6) is -0.542. The Kier molecular flexibility index (Phi) is 20.5. The Bertz CT molecular complexity index is 602. The summed E-state index contributed by atoms with van der Waals surface area (Å²) >= 11 is 0. The van der Waals surface area contributed by atoms with Gasteiger partial charge in [-0.1, -0.05) is 97.3 Å². The molecule has 1 unspecified atom stereocenters. The number of likely N-dealkylation sites (N-methyl/N-ethyl adjacent to an activating group) is 1. The topological polar surface area (TPSA) is 93.0 Å². The van der Waals surface area contributed by atoms with Crippen LogP contribution in [0.3, 0.4) is 0 Å². The molecule has 0 aromatic rings. The lowest BCUT2D eigenvalue weighted by molar-refractivity contribution is -0.864. The summed E-state index contributed by atoms with van der Waals surface area (Å²) in [6.07, 6.45) is 21.4. The van der Waals surface area contributed by atoms with Crippen molar-refractivity contribution in [2.45, 2.75) is 129 Å². The molecule has 0 amide bonds. The SMILES string of the molecule is CCCCCCCCCCCCCCCCC1=NCCN1C(CC)CC(=O)O.C[N+](C)(C)CC(=O)[O-]. The molecule has 0 bridgehead atoms. The van der Waals surface area contributed by atoms with E-state index >= 15 is 0 Å². The zero-order valence-corrected chi connectivity index (χ0v) is 24.2. The molecule has 1 rings (SSSR count). The van der Waals surface area contributed by atoms with Crippen LogP contribution in [-0.4, -0.2) is 79.1 Å². The van der Waals surface area contributed by atoms with Gasteiger partial charge in [0.15, 0.2) is 0 Å². The second kappa shape index (κ2) is 21.5. The summed E-state index contributed by atoms with van der Waals surface area (Å²) in [5, 5.41) is 19.0. The fourth-order valence-electron chi connectivity index (χ4n) is 4.66. The third kappa shape index (κ3) is 20.6. The molecule has 0 saturated heterocycles. The van der Waals surface area contributed by atoms with Crippen molar-refractivity contribution in [3.63, 3.8) is 0 Å². The van der Waals surface area contributed by atoms with Crippen molar-refractivity contribution in [2.75, 3.05) is 40.8 Å². The van der Waals surface area contributed by atoms with Crippen molar-refractivity contribution in [1.82, 2.24) is 4.90 Å². The Balaban J connectivity index is 0.00000131. The Hall–Kier alpha value is -1.63. The first kappa shape index (κ1) is 34.4. The van der Waals surface area contributed by atoms with Crippen molar-refractivity contribution in [3.05, 3.63) is 0 Å². The molecule has 0 aromatic carbocycles. The maximum atomic E-state index is 11.1. The highest BCUT2D eigenvalue weighted by Gasteiger charge is 2.25. The van der Waals surface area contributed by atoms with Gasteiger partial charge in [0, 0.05) is 19.0 Å². The van der Waals surface area contributed by atoms with Crippen molar-refractivity contribution in [1.29, 1.82) is 0 Å². The molecule has 0 spiro atoms. The zero-order valence-electron chi connectivity index (χ0n) is 24.2. The van der Waals surface area contributed by atoms with E-state index in [2.05, 4.69) is 23.7 Å². The number of aliphatic carboxylic acids is 2. The number of hydrogen-bond acceptors (Lipinski definition) is 5. The number of rotatable bonds is 21. The lowest BCUT2D eigenvalue weighted by atomic mass is 10.0. The predicted octanol–water partition coefficient (Wildman–Crippen LogP) is 5.27. The molecular weight excluding hydrogens is 454 g/mol. The Morgan fingerprint density at radius 3 is 1.72 bits per heavy atom. The average Bonchev–Trinajstić information content (AvgIpc) is 3.24. The number of nitrogens with zero attached hydrogens (tertiary/aromatic N) is 3. The number of carbonyl (C=O) groups is 2. The van der Waals surface area contributed by atoms with Gasteiger partial charge in [0.25, 0.3) is 0 Å². The molecule has 212 valence electrons. The van der Waals surface area contributed by atoms with Crippen LogP contribution in [0.1, 0.15) is 123 Å². The Labute approximate surface area is 221 Å². The fourth-order valence-corrected chi connectivity index (χ4v) is 4.66.